The van der Waals surface area contributed by atoms with E-state index in [2.05, 4.69) is 9.88 Å². The Morgan fingerprint density at radius 2 is 2.06 bits per heavy atom. The van der Waals surface area contributed by atoms with Crippen LogP contribution in [0.4, 0.5) is 10.1 Å². The van der Waals surface area contributed by atoms with Crippen LogP contribution in [0.5, 0.6) is 0 Å². The van der Waals surface area contributed by atoms with Gasteiger partial charge in [0, 0.05) is 12.6 Å². The highest BCUT2D eigenvalue weighted by molar-refractivity contribution is 7.19. The van der Waals surface area contributed by atoms with Gasteiger partial charge in [-0.2, -0.15) is 0 Å². The third-order valence-corrected chi connectivity index (χ3v) is 4.86. The molecular weight excluding hydrogens is 218 g/mol. The summed E-state index contributed by atoms with van der Waals surface area (Å²) < 4.78 is 0. The molecule has 88 valence electrons. The predicted octanol–water partition coefficient (Wildman–Crippen LogP) is 2.88. The van der Waals surface area contributed by atoms with Crippen LogP contribution in [-0.2, 0) is 0 Å². The molecule has 2 fully saturated rings. The van der Waals surface area contributed by atoms with Crippen molar-refractivity contribution in [3.63, 3.8) is 0 Å². The first kappa shape index (κ1) is 10.4. The maximum absolute atomic E-state index is 5.78. The van der Waals surface area contributed by atoms with Gasteiger partial charge in [0.1, 0.15) is 5.00 Å². The second-order valence-corrected chi connectivity index (χ2v) is 6.03. The molecule has 2 unspecified atom stereocenters. The van der Waals surface area contributed by atoms with E-state index in [0.717, 1.165) is 22.1 Å². The van der Waals surface area contributed by atoms with Crippen LogP contribution in [0.3, 0.4) is 0 Å². The molecule has 2 N–H and O–H groups in total. The SMILES string of the molecule is Nc1cnc(N2CCCC3CCCCC32)s1. The van der Waals surface area contributed by atoms with Gasteiger partial charge in [-0.15, -0.1) is 0 Å². The average Bonchev–Trinajstić information content (AvgIpc) is 2.75. The smallest absolute Gasteiger partial charge is 0.187 e. The molecule has 0 amide bonds. The molecule has 1 saturated heterocycles. The van der Waals surface area contributed by atoms with Crippen molar-refractivity contribution in [1.82, 2.24) is 4.98 Å². The molecule has 1 aromatic heterocycles. The predicted molar refractivity (Wildman–Crippen MR) is 68.9 cm³/mol. The van der Waals surface area contributed by atoms with Gasteiger partial charge in [0.25, 0.3) is 0 Å². The zero-order chi connectivity index (χ0) is 11.0. The van der Waals surface area contributed by atoms with E-state index in [0.29, 0.717) is 0 Å². The molecule has 2 atom stereocenters. The lowest BCUT2D eigenvalue weighted by atomic mass is 9.78. The summed E-state index contributed by atoms with van der Waals surface area (Å²) in [7, 11) is 0. The lowest BCUT2D eigenvalue weighted by molar-refractivity contribution is 0.243. The largest absolute Gasteiger partial charge is 0.389 e. The number of fused-ring (bicyclic) bond motifs is 1. The monoisotopic (exact) mass is 237 g/mol. The summed E-state index contributed by atoms with van der Waals surface area (Å²) in [4.78, 5) is 6.97. The number of nitrogen functional groups attached to an aromatic ring is 1. The second kappa shape index (κ2) is 4.24. The summed E-state index contributed by atoms with van der Waals surface area (Å²) >= 11 is 1.64. The number of nitrogens with two attached hydrogens (primary N) is 1. The van der Waals surface area contributed by atoms with Crippen molar-refractivity contribution in [3.05, 3.63) is 6.20 Å². The highest BCUT2D eigenvalue weighted by Crippen LogP contribution is 2.39. The summed E-state index contributed by atoms with van der Waals surface area (Å²) in [6.07, 6.45) is 10.1. The molecule has 1 saturated carbocycles. The number of rotatable bonds is 1. The molecular formula is C12H19N3S. The van der Waals surface area contributed by atoms with E-state index < -0.39 is 0 Å². The molecule has 3 rings (SSSR count). The number of piperidine rings is 1. The Balaban J connectivity index is 1.82. The summed E-state index contributed by atoms with van der Waals surface area (Å²) in [6.45, 7) is 1.17. The molecule has 1 aliphatic carbocycles. The second-order valence-electron chi connectivity index (χ2n) is 4.99. The first-order chi connectivity index (χ1) is 7.84. The maximum Gasteiger partial charge on any atom is 0.187 e. The summed E-state index contributed by atoms with van der Waals surface area (Å²) in [6, 6.07) is 0.744. The molecule has 0 aromatic carbocycles. The third kappa shape index (κ3) is 1.79. The Bertz CT molecular complexity index is 361. The van der Waals surface area contributed by atoms with Gasteiger partial charge in [-0.05, 0) is 31.6 Å². The zero-order valence-corrected chi connectivity index (χ0v) is 10.4. The van der Waals surface area contributed by atoms with Gasteiger partial charge in [-0.25, -0.2) is 4.98 Å². The first-order valence-corrected chi connectivity index (χ1v) is 7.14. The van der Waals surface area contributed by atoms with E-state index in [1.807, 2.05) is 0 Å². The molecule has 1 aliphatic heterocycles. The molecule has 2 heterocycles. The van der Waals surface area contributed by atoms with Crippen molar-refractivity contribution < 1.29 is 0 Å². The third-order valence-electron chi connectivity index (χ3n) is 4.00. The van der Waals surface area contributed by atoms with Gasteiger partial charge in [0.05, 0.1) is 6.20 Å². The molecule has 0 radical (unpaired) electrons. The number of nitrogens with zero attached hydrogens (tertiary/aromatic N) is 2. The van der Waals surface area contributed by atoms with Crippen LogP contribution in [0.15, 0.2) is 6.20 Å². The van der Waals surface area contributed by atoms with Crippen LogP contribution in [0, 0.1) is 5.92 Å². The van der Waals surface area contributed by atoms with E-state index in [-0.39, 0.29) is 0 Å². The number of hydrogen-bond donors (Lipinski definition) is 1. The van der Waals surface area contributed by atoms with Crippen molar-refractivity contribution in [2.24, 2.45) is 5.92 Å². The minimum atomic E-state index is 0.744. The lowest BCUT2D eigenvalue weighted by Gasteiger charge is -2.44. The van der Waals surface area contributed by atoms with Crippen LogP contribution in [-0.4, -0.2) is 17.6 Å². The minimum Gasteiger partial charge on any atom is -0.389 e. The van der Waals surface area contributed by atoms with Gasteiger partial charge in [-0.3, -0.25) is 0 Å². The Morgan fingerprint density at radius 1 is 1.25 bits per heavy atom. The number of thiazole rings is 1. The van der Waals surface area contributed by atoms with Crippen LogP contribution in [0.2, 0.25) is 0 Å². The summed E-state index contributed by atoms with van der Waals surface area (Å²) in [5.41, 5.74) is 5.78. The maximum atomic E-state index is 5.78. The van der Waals surface area contributed by atoms with E-state index in [1.165, 1.54) is 45.1 Å². The van der Waals surface area contributed by atoms with Crippen molar-refractivity contribution in [1.29, 1.82) is 0 Å². The van der Waals surface area contributed by atoms with Crippen LogP contribution in [0.1, 0.15) is 38.5 Å². The van der Waals surface area contributed by atoms with E-state index in [4.69, 9.17) is 5.73 Å². The highest BCUT2D eigenvalue weighted by atomic mass is 32.1. The number of anilines is 2. The highest BCUT2D eigenvalue weighted by Gasteiger charge is 2.34. The van der Waals surface area contributed by atoms with Gasteiger partial charge < -0.3 is 10.6 Å². The Labute approximate surface area is 101 Å². The van der Waals surface area contributed by atoms with Gasteiger partial charge in [0.15, 0.2) is 5.13 Å². The molecule has 4 heteroatoms. The van der Waals surface area contributed by atoms with Crippen LogP contribution >= 0.6 is 11.3 Å². The number of hydrogen-bond acceptors (Lipinski definition) is 4. The Hall–Kier alpha value is -0.770. The van der Waals surface area contributed by atoms with E-state index in [1.54, 1.807) is 17.5 Å². The van der Waals surface area contributed by atoms with Crippen molar-refractivity contribution in [2.45, 2.75) is 44.6 Å². The van der Waals surface area contributed by atoms with Crippen LogP contribution in [0.25, 0.3) is 0 Å². The molecule has 0 spiro atoms. The van der Waals surface area contributed by atoms with E-state index in [9.17, 15) is 0 Å². The molecule has 3 nitrogen and oxygen atoms in total. The topological polar surface area (TPSA) is 42.1 Å². The fraction of sp³-hybridized carbons (Fsp3) is 0.750. The van der Waals surface area contributed by atoms with Crippen molar-refractivity contribution in [3.8, 4) is 0 Å². The number of aromatic nitrogens is 1. The van der Waals surface area contributed by atoms with Gasteiger partial charge in [0.2, 0.25) is 0 Å². The standard InChI is InChI=1S/C12H19N3S/c13-11-8-14-12(16-11)15-7-3-5-9-4-1-2-6-10(9)15/h8-10H,1-7,13H2. The average molecular weight is 237 g/mol. The molecule has 1 aromatic rings. The van der Waals surface area contributed by atoms with Crippen LogP contribution < -0.4 is 10.6 Å². The zero-order valence-electron chi connectivity index (χ0n) is 9.56. The first-order valence-electron chi connectivity index (χ1n) is 6.32. The normalized spacial score (nSPS) is 30.1. The fourth-order valence-corrected chi connectivity index (χ4v) is 4.04. The summed E-state index contributed by atoms with van der Waals surface area (Å²) in [5, 5.41) is 1.99. The molecule has 2 aliphatic rings. The van der Waals surface area contributed by atoms with Crippen molar-refractivity contribution >= 4 is 21.5 Å². The van der Waals surface area contributed by atoms with Gasteiger partial charge in [-0.1, -0.05) is 24.2 Å². The van der Waals surface area contributed by atoms with E-state index >= 15 is 0 Å². The van der Waals surface area contributed by atoms with Gasteiger partial charge >= 0.3 is 0 Å². The minimum absolute atomic E-state index is 0.744. The van der Waals surface area contributed by atoms with Crippen molar-refractivity contribution in [2.75, 3.05) is 17.2 Å². The fourth-order valence-electron chi connectivity index (χ4n) is 3.27. The lowest BCUT2D eigenvalue weighted by Crippen LogP contribution is -2.46. The molecule has 0 bridgehead atoms. The summed E-state index contributed by atoms with van der Waals surface area (Å²) in [5.74, 6) is 0.910. The quantitative estimate of drug-likeness (QED) is 0.816. The Kier molecular flexibility index (Phi) is 2.75. The molecule has 16 heavy (non-hydrogen) atoms. The Morgan fingerprint density at radius 3 is 2.88 bits per heavy atom.